The van der Waals surface area contributed by atoms with E-state index < -0.39 is 12.1 Å². The Labute approximate surface area is 130 Å². The lowest BCUT2D eigenvalue weighted by Gasteiger charge is -2.43. The molecule has 0 aromatic carbocycles. The summed E-state index contributed by atoms with van der Waals surface area (Å²) in [6, 6.07) is 0.189. The summed E-state index contributed by atoms with van der Waals surface area (Å²) < 4.78 is 38.7. The summed E-state index contributed by atoms with van der Waals surface area (Å²) in [6.07, 6.45) is -1.65. The molecule has 0 aromatic rings. The fourth-order valence-corrected chi connectivity index (χ4v) is 3.51. The van der Waals surface area contributed by atoms with Crippen molar-refractivity contribution in [2.75, 3.05) is 26.2 Å². The van der Waals surface area contributed by atoms with E-state index >= 15 is 0 Å². The van der Waals surface area contributed by atoms with Crippen LogP contribution in [-0.4, -0.2) is 54.1 Å². The van der Waals surface area contributed by atoms with E-state index in [-0.39, 0.29) is 30.3 Å². The van der Waals surface area contributed by atoms with Crippen molar-refractivity contribution in [3.63, 3.8) is 0 Å². The van der Waals surface area contributed by atoms with Gasteiger partial charge in [-0.2, -0.15) is 13.2 Å². The lowest BCUT2D eigenvalue weighted by atomic mass is 9.91. The van der Waals surface area contributed by atoms with E-state index in [0.29, 0.717) is 19.5 Å². The zero-order valence-corrected chi connectivity index (χ0v) is 13.7. The molecule has 128 valence electrons. The highest BCUT2D eigenvalue weighted by Gasteiger charge is 2.43. The Hall–Kier alpha value is -0.780. The van der Waals surface area contributed by atoms with Crippen LogP contribution in [-0.2, 0) is 4.79 Å². The van der Waals surface area contributed by atoms with Gasteiger partial charge in [0, 0.05) is 31.1 Å². The predicted molar refractivity (Wildman–Crippen MR) is 79.4 cm³/mol. The number of hydrogen-bond donors (Lipinski definition) is 0. The molecule has 2 aliphatic heterocycles. The first-order chi connectivity index (χ1) is 10.1. The molecule has 0 bridgehead atoms. The van der Waals surface area contributed by atoms with Crippen LogP contribution in [0.4, 0.5) is 13.2 Å². The van der Waals surface area contributed by atoms with Crippen LogP contribution in [0, 0.1) is 11.3 Å². The van der Waals surface area contributed by atoms with Gasteiger partial charge in [0.05, 0.1) is 5.92 Å². The van der Waals surface area contributed by atoms with Crippen molar-refractivity contribution in [3.05, 3.63) is 0 Å². The maximum absolute atomic E-state index is 12.9. The van der Waals surface area contributed by atoms with Crippen LogP contribution >= 0.6 is 0 Å². The minimum atomic E-state index is -4.08. The lowest BCUT2D eigenvalue weighted by Crippen LogP contribution is -2.52. The number of amides is 1. The van der Waals surface area contributed by atoms with Gasteiger partial charge in [-0.25, -0.2) is 0 Å². The Morgan fingerprint density at radius 3 is 2.09 bits per heavy atom. The Morgan fingerprint density at radius 1 is 1.00 bits per heavy atom. The van der Waals surface area contributed by atoms with Crippen molar-refractivity contribution in [2.24, 2.45) is 11.3 Å². The molecule has 6 heteroatoms. The average Bonchev–Trinajstić information content (AvgIpc) is 2.45. The van der Waals surface area contributed by atoms with Crippen LogP contribution in [0.1, 0.15) is 46.5 Å². The number of halogens is 3. The molecule has 2 fully saturated rings. The zero-order chi connectivity index (χ0) is 16.5. The molecule has 0 saturated carbocycles. The second kappa shape index (κ2) is 6.38. The van der Waals surface area contributed by atoms with E-state index in [1.54, 1.807) is 0 Å². The van der Waals surface area contributed by atoms with E-state index in [0.717, 1.165) is 19.4 Å². The van der Waals surface area contributed by atoms with Gasteiger partial charge in [-0.1, -0.05) is 20.8 Å². The molecular weight excluding hydrogens is 293 g/mol. The van der Waals surface area contributed by atoms with E-state index in [4.69, 9.17) is 0 Å². The first-order valence-electron chi connectivity index (χ1n) is 8.19. The van der Waals surface area contributed by atoms with E-state index in [1.807, 2.05) is 30.6 Å². The number of likely N-dealkylation sites (tertiary alicyclic amines) is 2. The standard InChI is InChI=1S/C16H27F3N2O/c1-15(2,3)14(22)20-9-6-13(7-10-20)21-8-4-5-12(11-21)16(17,18)19/h12-13H,4-11H2,1-3H3. The van der Waals surface area contributed by atoms with Crippen LogP contribution in [0.3, 0.4) is 0 Å². The van der Waals surface area contributed by atoms with Gasteiger partial charge in [0.1, 0.15) is 0 Å². The predicted octanol–water partition coefficient (Wildman–Crippen LogP) is 3.30. The molecule has 1 atom stereocenters. The van der Waals surface area contributed by atoms with Gasteiger partial charge >= 0.3 is 6.18 Å². The molecule has 1 amide bonds. The monoisotopic (exact) mass is 320 g/mol. The summed E-state index contributed by atoms with van der Waals surface area (Å²) in [5, 5.41) is 0. The second-order valence-corrected chi connectivity index (χ2v) is 7.65. The molecular formula is C16H27F3N2O. The highest BCUT2D eigenvalue weighted by molar-refractivity contribution is 5.81. The molecule has 0 N–H and O–H groups in total. The number of nitrogens with zero attached hydrogens (tertiary/aromatic N) is 2. The zero-order valence-electron chi connectivity index (χ0n) is 13.7. The van der Waals surface area contributed by atoms with Crippen LogP contribution in [0.2, 0.25) is 0 Å². The summed E-state index contributed by atoms with van der Waals surface area (Å²) in [5.74, 6) is -1.05. The van der Waals surface area contributed by atoms with Gasteiger partial charge in [0.15, 0.2) is 0 Å². The molecule has 2 saturated heterocycles. The van der Waals surface area contributed by atoms with Crippen LogP contribution in [0.15, 0.2) is 0 Å². The molecule has 1 unspecified atom stereocenters. The molecule has 3 nitrogen and oxygen atoms in total. The Morgan fingerprint density at radius 2 is 1.59 bits per heavy atom. The summed E-state index contributed by atoms with van der Waals surface area (Å²) in [6.45, 7) is 7.91. The summed E-state index contributed by atoms with van der Waals surface area (Å²) in [7, 11) is 0. The van der Waals surface area contributed by atoms with Gasteiger partial charge in [0.25, 0.3) is 0 Å². The highest BCUT2D eigenvalue weighted by Crippen LogP contribution is 2.35. The first kappa shape index (κ1) is 17.6. The average molecular weight is 320 g/mol. The van der Waals surface area contributed by atoms with Crippen molar-refractivity contribution in [3.8, 4) is 0 Å². The highest BCUT2D eigenvalue weighted by atomic mass is 19.4. The van der Waals surface area contributed by atoms with Crippen molar-refractivity contribution in [1.29, 1.82) is 0 Å². The minimum Gasteiger partial charge on any atom is -0.342 e. The van der Waals surface area contributed by atoms with E-state index in [2.05, 4.69) is 0 Å². The molecule has 2 aliphatic rings. The Kier molecular flexibility index (Phi) is 5.09. The van der Waals surface area contributed by atoms with E-state index in [1.165, 1.54) is 0 Å². The number of alkyl halides is 3. The normalized spacial score (nSPS) is 26.3. The van der Waals surface area contributed by atoms with Crippen LogP contribution in [0.5, 0.6) is 0 Å². The smallest absolute Gasteiger partial charge is 0.342 e. The minimum absolute atomic E-state index is 0.126. The van der Waals surface area contributed by atoms with Gasteiger partial charge < -0.3 is 4.90 Å². The molecule has 0 aliphatic carbocycles. The number of piperidine rings is 2. The first-order valence-corrected chi connectivity index (χ1v) is 8.19. The van der Waals surface area contributed by atoms with Gasteiger partial charge in [0.2, 0.25) is 5.91 Å². The third kappa shape index (κ3) is 4.15. The molecule has 0 spiro atoms. The van der Waals surface area contributed by atoms with Crippen molar-refractivity contribution >= 4 is 5.91 Å². The molecule has 2 rings (SSSR count). The van der Waals surface area contributed by atoms with Gasteiger partial charge in [-0.15, -0.1) is 0 Å². The quantitative estimate of drug-likeness (QED) is 0.740. The molecule has 0 radical (unpaired) electrons. The largest absolute Gasteiger partial charge is 0.393 e. The topological polar surface area (TPSA) is 23.6 Å². The fourth-order valence-electron chi connectivity index (χ4n) is 3.51. The number of carbonyl (C=O) groups is 1. The van der Waals surface area contributed by atoms with Crippen molar-refractivity contribution < 1.29 is 18.0 Å². The Balaban J connectivity index is 1.88. The van der Waals surface area contributed by atoms with Crippen molar-refractivity contribution in [1.82, 2.24) is 9.80 Å². The van der Waals surface area contributed by atoms with Crippen LogP contribution < -0.4 is 0 Å². The molecule has 0 aromatic heterocycles. The number of hydrogen-bond acceptors (Lipinski definition) is 2. The van der Waals surface area contributed by atoms with Gasteiger partial charge in [-0.3, -0.25) is 9.69 Å². The van der Waals surface area contributed by atoms with Gasteiger partial charge in [-0.05, 0) is 32.2 Å². The Bertz CT molecular complexity index is 395. The summed E-state index contributed by atoms with van der Waals surface area (Å²) in [4.78, 5) is 16.1. The number of rotatable bonds is 1. The fraction of sp³-hybridized carbons (Fsp3) is 0.938. The third-order valence-corrected chi connectivity index (χ3v) is 4.83. The maximum atomic E-state index is 12.9. The summed E-state index contributed by atoms with van der Waals surface area (Å²) >= 11 is 0. The van der Waals surface area contributed by atoms with Crippen LogP contribution in [0.25, 0.3) is 0 Å². The maximum Gasteiger partial charge on any atom is 0.393 e. The second-order valence-electron chi connectivity index (χ2n) is 7.65. The molecule has 22 heavy (non-hydrogen) atoms. The SMILES string of the molecule is CC(C)(C)C(=O)N1CCC(N2CCCC(C(F)(F)F)C2)CC1. The summed E-state index contributed by atoms with van der Waals surface area (Å²) in [5.41, 5.74) is -0.390. The molecule has 2 heterocycles. The lowest BCUT2D eigenvalue weighted by molar-refractivity contribution is -0.189. The van der Waals surface area contributed by atoms with Crippen molar-refractivity contribution in [2.45, 2.75) is 58.7 Å². The number of carbonyl (C=O) groups excluding carboxylic acids is 1. The van der Waals surface area contributed by atoms with E-state index in [9.17, 15) is 18.0 Å². The third-order valence-electron chi connectivity index (χ3n) is 4.83.